The summed E-state index contributed by atoms with van der Waals surface area (Å²) in [6.07, 6.45) is 1.92. The molecule has 3 rings (SSSR count). The molecule has 1 aliphatic rings. The molecule has 2 N–H and O–H groups in total. The van der Waals surface area contributed by atoms with Crippen molar-refractivity contribution in [2.75, 3.05) is 19.8 Å². The average molecular weight is 279 g/mol. The largest absolute Gasteiger partial charge is 0.464 e. The summed E-state index contributed by atoms with van der Waals surface area (Å²) in [5.41, 5.74) is -0.358. The average Bonchev–Trinajstić information content (AvgIpc) is 3.06. The SMILES string of the molecule is O=C(NC1(CO)CCOC1)c1cc(F)cc2ccoc12. The minimum Gasteiger partial charge on any atom is -0.464 e. The first-order valence-corrected chi connectivity index (χ1v) is 6.31. The van der Waals surface area contributed by atoms with E-state index in [0.29, 0.717) is 24.0 Å². The highest BCUT2D eigenvalue weighted by molar-refractivity contribution is 6.05. The van der Waals surface area contributed by atoms with Gasteiger partial charge in [-0.25, -0.2) is 4.39 Å². The molecule has 2 heterocycles. The van der Waals surface area contributed by atoms with Crippen molar-refractivity contribution in [3.05, 3.63) is 35.8 Å². The summed E-state index contributed by atoms with van der Waals surface area (Å²) in [5.74, 6) is -0.992. The maximum atomic E-state index is 13.5. The number of hydrogen-bond acceptors (Lipinski definition) is 4. The molecule has 0 bridgehead atoms. The summed E-state index contributed by atoms with van der Waals surface area (Å²) in [6, 6.07) is 4.02. The van der Waals surface area contributed by atoms with E-state index in [-0.39, 0.29) is 18.8 Å². The fourth-order valence-electron chi connectivity index (χ4n) is 2.39. The van der Waals surface area contributed by atoms with E-state index >= 15 is 0 Å². The van der Waals surface area contributed by atoms with Gasteiger partial charge in [0, 0.05) is 12.0 Å². The number of benzene rings is 1. The van der Waals surface area contributed by atoms with Crippen LogP contribution in [0.2, 0.25) is 0 Å². The molecule has 106 valence electrons. The minimum absolute atomic E-state index is 0.115. The monoisotopic (exact) mass is 279 g/mol. The number of hydrogen-bond donors (Lipinski definition) is 2. The highest BCUT2D eigenvalue weighted by Gasteiger charge is 2.36. The number of halogens is 1. The van der Waals surface area contributed by atoms with Crippen molar-refractivity contribution in [3.8, 4) is 0 Å². The first kappa shape index (κ1) is 13.1. The summed E-state index contributed by atoms with van der Waals surface area (Å²) in [6.45, 7) is 0.487. The molecular formula is C14H14FNO4. The van der Waals surface area contributed by atoms with Crippen LogP contribution < -0.4 is 5.32 Å². The number of aliphatic hydroxyl groups is 1. The molecular weight excluding hydrogens is 265 g/mol. The van der Waals surface area contributed by atoms with Gasteiger partial charge in [-0.05, 0) is 24.6 Å². The Balaban J connectivity index is 1.94. The third kappa shape index (κ3) is 2.17. The Bertz CT molecular complexity index is 646. The number of nitrogens with one attached hydrogen (secondary N) is 1. The molecule has 20 heavy (non-hydrogen) atoms. The van der Waals surface area contributed by atoms with Gasteiger partial charge in [-0.3, -0.25) is 4.79 Å². The van der Waals surface area contributed by atoms with E-state index < -0.39 is 17.3 Å². The Hall–Kier alpha value is -1.92. The molecule has 2 aromatic rings. The van der Waals surface area contributed by atoms with Crippen molar-refractivity contribution in [2.24, 2.45) is 0 Å². The summed E-state index contributed by atoms with van der Waals surface area (Å²) < 4.78 is 24.0. The Labute approximate surface area is 114 Å². The molecule has 1 atom stereocenters. The third-order valence-electron chi connectivity index (χ3n) is 3.55. The number of rotatable bonds is 3. The van der Waals surface area contributed by atoms with Gasteiger partial charge in [0.2, 0.25) is 0 Å². The lowest BCUT2D eigenvalue weighted by molar-refractivity contribution is 0.0790. The van der Waals surface area contributed by atoms with Crippen LogP contribution in [0.5, 0.6) is 0 Å². The fraction of sp³-hybridized carbons (Fsp3) is 0.357. The molecule has 1 aliphatic heterocycles. The van der Waals surface area contributed by atoms with Crippen molar-refractivity contribution in [1.29, 1.82) is 0 Å². The molecule has 0 aliphatic carbocycles. The molecule has 1 fully saturated rings. The van der Waals surface area contributed by atoms with Crippen molar-refractivity contribution >= 4 is 16.9 Å². The van der Waals surface area contributed by atoms with Gasteiger partial charge in [-0.2, -0.15) is 0 Å². The fourth-order valence-corrected chi connectivity index (χ4v) is 2.39. The Morgan fingerprint density at radius 3 is 3.05 bits per heavy atom. The predicted octanol–water partition coefficient (Wildman–Crippen LogP) is 1.45. The standard InChI is InChI=1S/C14H14FNO4/c15-10-5-9-1-3-20-12(9)11(6-10)13(18)16-14(7-17)2-4-19-8-14/h1,3,5-6,17H,2,4,7-8H2,(H,16,18). The Morgan fingerprint density at radius 2 is 2.35 bits per heavy atom. The van der Waals surface area contributed by atoms with Crippen LogP contribution in [0.1, 0.15) is 16.8 Å². The number of carbonyl (C=O) groups is 1. The van der Waals surface area contributed by atoms with E-state index in [1.165, 1.54) is 12.3 Å². The van der Waals surface area contributed by atoms with Crippen LogP contribution in [0.3, 0.4) is 0 Å². The molecule has 6 heteroatoms. The summed E-state index contributed by atoms with van der Waals surface area (Å²) >= 11 is 0. The predicted molar refractivity (Wildman–Crippen MR) is 68.9 cm³/mol. The van der Waals surface area contributed by atoms with Crippen LogP contribution in [0.25, 0.3) is 11.0 Å². The van der Waals surface area contributed by atoms with Crippen molar-refractivity contribution in [3.63, 3.8) is 0 Å². The van der Waals surface area contributed by atoms with E-state index in [4.69, 9.17) is 9.15 Å². The lowest BCUT2D eigenvalue weighted by atomic mass is 9.99. The second-order valence-electron chi connectivity index (χ2n) is 4.99. The van der Waals surface area contributed by atoms with Crippen LogP contribution >= 0.6 is 0 Å². The van der Waals surface area contributed by atoms with Crippen LogP contribution in [0.4, 0.5) is 4.39 Å². The molecule has 1 amide bonds. The zero-order valence-electron chi connectivity index (χ0n) is 10.7. The van der Waals surface area contributed by atoms with Gasteiger partial charge in [0.1, 0.15) is 11.4 Å². The van der Waals surface area contributed by atoms with Gasteiger partial charge in [-0.15, -0.1) is 0 Å². The maximum Gasteiger partial charge on any atom is 0.255 e. The van der Waals surface area contributed by atoms with E-state index in [1.807, 2.05) is 0 Å². The lowest BCUT2D eigenvalue weighted by Crippen LogP contribution is -2.52. The van der Waals surface area contributed by atoms with Crippen LogP contribution in [-0.2, 0) is 4.74 Å². The van der Waals surface area contributed by atoms with Gasteiger partial charge in [0.05, 0.1) is 30.6 Å². The van der Waals surface area contributed by atoms with Gasteiger partial charge in [0.25, 0.3) is 5.91 Å². The lowest BCUT2D eigenvalue weighted by Gasteiger charge is -2.26. The summed E-state index contributed by atoms with van der Waals surface area (Å²) in [5, 5.41) is 12.7. The zero-order valence-corrected chi connectivity index (χ0v) is 10.7. The number of amides is 1. The Kier molecular flexibility index (Phi) is 3.19. The first-order valence-electron chi connectivity index (χ1n) is 6.31. The number of ether oxygens (including phenoxy) is 1. The van der Waals surface area contributed by atoms with Crippen molar-refractivity contribution in [2.45, 2.75) is 12.0 Å². The topological polar surface area (TPSA) is 71.7 Å². The van der Waals surface area contributed by atoms with E-state index in [9.17, 15) is 14.3 Å². The second kappa shape index (κ2) is 4.88. The molecule has 0 radical (unpaired) electrons. The molecule has 1 aromatic heterocycles. The normalized spacial score (nSPS) is 22.3. The van der Waals surface area contributed by atoms with E-state index in [2.05, 4.69) is 5.32 Å². The minimum atomic E-state index is -0.803. The quantitative estimate of drug-likeness (QED) is 0.892. The molecule has 0 saturated carbocycles. The maximum absolute atomic E-state index is 13.5. The van der Waals surface area contributed by atoms with Gasteiger partial charge in [-0.1, -0.05) is 0 Å². The van der Waals surface area contributed by atoms with Crippen LogP contribution in [0, 0.1) is 5.82 Å². The molecule has 5 nitrogen and oxygen atoms in total. The van der Waals surface area contributed by atoms with Gasteiger partial charge < -0.3 is 19.6 Å². The smallest absolute Gasteiger partial charge is 0.255 e. The highest BCUT2D eigenvalue weighted by Crippen LogP contribution is 2.24. The highest BCUT2D eigenvalue weighted by atomic mass is 19.1. The molecule has 1 aromatic carbocycles. The molecule has 1 saturated heterocycles. The van der Waals surface area contributed by atoms with Crippen molar-refractivity contribution < 1.29 is 23.4 Å². The van der Waals surface area contributed by atoms with Crippen molar-refractivity contribution in [1.82, 2.24) is 5.32 Å². The van der Waals surface area contributed by atoms with Gasteiger partial charge >= 0.3 is 0 Å². The van der Waals surface area contributed by atoms with Gasteiger partial charge in [0.15, 0.2) is 0 Å². The number of carbonyl (C=O) groups excluding carboxylic acids is 1. The molecule has 1 unspecified atom stereocenters. The number of fused-ring (bicyclic) bond motifs is 1. The summed E-state index contributed by atoms with van der Waals surface area (Å²) in [7, 11) is 0. The summed E-state index contributed by atoms with van der Waals surface area (Å²) in [4.78, 5) is 12.3. The molecule has 0 spiro atoms. The second-order valence-corrected chi connectivity index (χ2v) is 4.99. The number of furan rings is 1. The zero-order chi connectivity index (χ0) is 14.2. The first-order chi connectivity index (χ1) is 9.63. The Morgan fingerprint density at radius 1 is 1.50 bits per heavy atom. The van der Waals surface area contributed by atoms with E-state index in [1.54, 1.807) is 6.07 Å². The van der Waals surface area contributed by atoms with Crippen LogP contribution in [-0.4, -0.2) is 36.4 Å². The van der Waals surface area contributed by atoms with Crippen LogP contribution in [0.15, 0.2) is 28.9 Å². The van der Waals surface area contributed by atoms with E-state index in [0.717, 1.165) is 6.07 Å². The number of aliphatic hydroxyl groups excluding tert-OH is 1. The third-order valence-corrected chi connectivity index (χ3v) is 3.55.